The first kappa shape index (κ1) is 24.3. The summed E-state index contributed by atoms with van der Waals surface area (Å²) in [5, 5.41) is 19.7. The molecule has 166 valence electrons. The molecule has 0 aromatic heterocycles. The number of aldehydes is 1. The molecule has 0 saturated carbocycles. The maximum Gasteiger partial charge on any atom is 0.333 e. The second-order valence-electron chi connectivity index (χ2n) is 9.17. The summed E-state index contributed by atoms with van der Waals surface area (Å²) in [6.45, 7) is 9.11. The van der Waals surface area contributed by atoms with Crippen LogP contribution < -0.4 is 0 Å². The Hall–Kier alpha value is -1.98. The standard InChI is InChI=1S/C25H36O5/c1-17(10-12-21-18(2)8-6-14-25(21,3)4)7-5-9-19(16-26)11-13-22(27)20-15-23(28)30-24(20)29/h7,11,15-16,22,24,27,29H,5-6,8-10,12-14H2,1-4H3. The van der Waals surface area contributed by atoms with E-state index in [2.05, 4.69) is 38.5 Å². The lowest BCUT2D eigenvalue weighted by Crippen LogP contribution is -2.20. The smallest absolute Gasteiger partial charge is 0.333 e. The number of esters is 1. The molecule has 2 N–H and O–H groups in total. The number of ether oxygens (including phenoxy) is 1. The summed E-state index contributed by atoms with van der Waals surface area (Å²) in [6.07, 6.45) is 10.7. The van der Waals surface area contributed by atoms with E-state index in [0.29, 0.717) is 17.4 Å². The van der Waals surface area contributed by atoms with E-state index in [9.17, 15) is 19.8 Å². The van der Waals surface area contributed by atoms with Crippen LogP contribution in [0.3, 0.4) is 0 Å². The predicted molar refractivity (Wildman–Crippen MR) is 118 cm³/mol. The van der Waals surface area contributed by atoms with Crippen molar-refractivity contribution in [3.05, 3.63) is 46.1 Å². The van der Waals surface area contributed by atoms with Crippen molar-refractivity contribution < 1.29 is 24.5 Å². The van der Waals surface area contributed by atoms with Gasteiger partial charge in [0.25, 0.3) is 0 Å². The van der Waals surface area contributed by atoms with Crippen LogP contribution in [-0.2, 0) is 14.3 Å². The van der Waals surface area contributed by atoms with E-state index in [4.69, 9.17) is 0 Å². The van der Waals surface area contributed by atoms with Crippen LogP contribution in [0.25, 0.3) is 0 Å². The van der Waals surface area contributed by atoms with E-state index in [-0.39, 0.29) is 12.0 Å². The molecule has 1 heterocycles. The van der Waals surface area contributed by atoms with Crippen LogP contribution in [0.5, 0.6) is 0 Å². The molecule has 0 amide bonds. The van der Waals surface area contributed by atoms with Gasteiger partial charge in [-0.15, -0.1) is 0 Å². The summed E-state index contributed by atoms with van der Waals surface area (Å²) >= 11 is 0. The van der Waals surface area contributed by atoms with Crippen molar-refractivity contribution >= 4 is 12.3 Å². The van der Waals surface area contributed by atoms with E-state index < -0.39 is 18.4 Å². The Morgan fingerprint density at radius 1 is 1.33 bits per heavy atom. The molecule has 0 aromatic carbocycles. The van der Waals surface area contributed by atoms with Gasteiger partial charge in [0.15, 0.2) is 0 Å². The van der Waals surface area contributed by atoms with Crippen molar-refractivity contribution in [2.75, 3.05) is 0 Å². The van der Waals surface area contributed by atoms with Crippen LogP contribution in [0.15, 0.2) is 46.1 Å². The Morgan fingerprint density at radius 3 is 2.67 bits per heavy atom. The van der Waals surface area contributed by atoms with E-state index in [0.717, 1.165) is 31.6 Å². The first-order chi connectivity index (χ1) is 14.1. The third-order valence-corrected chi connectivity index (χ3v) is 6.32. The minimum Gasteiger partial charge on any atom is -0.429 e. The Balaban J connectivity index is 1.83. The van der Waals surface area contributed by atoms with E-state index in [1.807, 2.05) is 0 Å². The van der Waals surface area contributed by atoms with E-state index in [1.165, 1.54) is 24.8 Å². The van der Waals surface area contributed by atoms with Crippen molar-refractivity contribution in [3.8, 4) is 0 Å². The first-order valence-electron chi connectivity index (χ1n) is 10.9. The van der Waals surface area contributed by atoms with Crippen molar-refractivity contribution in [2.45, 2.75) is 91.5 Å². The third-order valence-electron chi connectivity index (χ3n) is 6.32. The lowest BCUT2D eigenvalue weighted by Gasteiger charge is -2.35. The molecule has 0 bridgehead atoms. The summed E-state index contributed by atoms with van der Waals surface area (Å²) in [4.78, 5) is 22.5. The summed E-state index contributed by atoms with van der Waals surface area (Å²) in [5.41, 5.74) is 5.53. The van der Waals surface area contributed by atoms with Crippen LogP contribution >= 0.6 is 0 Å². The van der Waals surface area contributed by atoms with Crippen LogP contribution in [0, 0.1) is 5.41 Å². The van der Waals surface area contributed by atoms with Crippen LogP contribution in [0.2, 0.25) is 0 Å². The minimum absolute atomic E-state index is 0.132. The molecule has 2 aliphatic rings. The minimum atomic E-state index is -1.40. The quantitative estimate of drug-likeness (QED) is 0.233. The fourth-order valence-electron chi connectivity index (χ4n) is 4.42. The second-order valence-corrected chi connectivity index (χ2v) is 9.17. The number of allylic oxidation sites excluding steroid dienone is 5. The Bertz CT molecular complexity index is 766. The zero-order valence-electron chi connectivity index (χ0n) is 18.7. The molecule has 2 rings (SSSR count). The zero-order valence-corrected chi connectivity index (χ0v) is 18.7. The van der Waals surface area contributed by atoms with Crippen LogP contribution in [0.1, 0.15) is 79.1 Å². The molecular weight excluding hydrogens is 380 g/mol. The highest BCUT2D eigenvalue weighted by Crippen LogP contribution is 2.42. The molecule has 0 saturated heterocycles. The average molecular weight is 417 g/mol. The van der Waals surface area contributed by atoms with E-state index in [1.54, 1.807) is 17.2 Å². The van der Waals surface area contributed by atoms with Gasteiger partial charge < -0.3 is 14.9 Å². The number of rotatable bonds is 10. The van der Waals surface area contributed by atoms with Crippen LogP contribution in [-0.4, -0.2) is 34.9 Å². The third kappa shape index (κ3) is 6.78. The lowest BCUT2D eigenvalue weighted by atomic mass is 9.71. The summed E-state index contributed by atoms with van der Waals surface area (Å²) in [5.74, 6) is -0.667. The number of hydrogen-bond acceptors (Lipinski definition) is 5. The monoisotopic (exact) mass is 416 g/mol. The van der Waals surface area contributed by atoms with Gasteiger partial charge in [-0.1, -0.05) is 42.7 Å². The van der Waals surface area contributed by atoms with Crippen molar-refractivity contribution in [3.63, 3.8) is 0 Å². The normalized spacial score (nSPS) is 23.3. The summed E-state index contributed by atoms with van der Waals surface area (Å²) < 4.78 is 4.57. The van der Waals surface area contributed by atoms with Gasteiger partial charge in [-0.25, -0.2) is 4.79 Å². The van der Waals surface area contributed by atoms with Crippen molar-refractivity contribution in [1.29, 1.82) is 0 Å². The Kier molecular flexibility index (Phi) is 8.80. The van der Waals surface area contributed by atoms with Crippen molar-refractivity contribution in [2.24, 2.45) is 5.41 Å². The maximum atomic E-state index is 11.4. The Morgan fingerprint density at radius 2 is 2.07 bits per heavy atom. The molecule has 1 aliphatic carbocycles. The number of carbonyl (C=O) groups is 2. The molecule has 1 aliphatic heterocycles. The van der Waals surface area contributed by atoms with Gasteiger partial charge in [0.2, 0.25) is 6.29 Å². The number of hydrogen-bond donors (Lipinski definition) is 2. The van der Waals surface area contributed by atoms with Gasteiger partial charge in [-0.2, -0.15) is 0 Å². The number of carbonyl (C=O) groups excluding carboxylic acids is 2. The van der Waals surface area contributed by atoms with E-state index >= 15 is 0 Å². The SMILES string of the molecule is CC(=CCCC(C=O)=CCC(O)C1=CC(=O)OC1O)CCC1=C(C)CCCC1(C)C. The van der Waals surface area contributed by atoms with Gasteiger partial charge in [-0.05, 0) is 76.2 Å². The fourth-order valence-corrected chi connectivity index (χ4v) is 4.42. The fraction of sp³-hybridized carbons (Fsp3) is 0.600. The second kappa shape index (κ2) is 10.9. The number of aliphatic hydroxyl groups is 2. The number of aliphatic hydroxyl groups excluding tert-OH is 2. The molecule has 0 spiro atoms. The van der Waals surface area contributed by atoms with Gasteiger partial charge in [0, 0.05) is 11.6 Å². The van der Waals surface area contributed by atoms with Crippen molar-refractivity contribution in [1.82, 2.24) is 0 Å². The molecule has 0 fully saturated rings. The van der Waals surface area contributed by atoms with Crippen LogP contribution in [0.4, 0.5) is 0 Å². The largest absolute Gasteiger partial charge is 0.429 e. The molecule has 2 unspecified atom stereocenters. The Labute approximate surface area is 180 Å². The highest BCUT2D eigenvalue weighted by atomic mass is 16.6. The van der Waals surface area contributed by atoms with Gasteiger partial charge in [-0.3, -0.25) is 4.79 Å². The van der Waals surface area contributed by atoms with Gasteiger partial charge in [0.05, 0.1) is 6.10 Å². The highest BCUT2D eigenvalue weighted by molar-refractivity contribution is 5.85. The first-order valence-corrected chi connectivity index (χ1v) is 10.9. The van der Waals surface area contributed by atoms with Gasteiger partial charge >= 0.3 is 5.97 Å². The number of cyclic esters (lactones) is 1. The zero-order chi connectivity index (χ0) is 22.3. The average Bonchev–Trinajstić information content (AvgIpc) is 3.01. The van der Waals surface area contributed by atoms with Gasteiger partial charge in [0.1, 0.15) is 6.29 Å². The molecule has 30 heavy (non-hydrogen) atoms. The molecular formula is C25H36O5. The lowest BCUT2D eigenvalue weighted by molar-refractivity contribution is -0.151. The highest BCUT2D eigenvalue weighted by Gasteiger charge is 2.29. The molecule has 0 radical (unpaired) electrons. The topological polar surface area (TPSA) is 83.8 Å². The maximum absolute atomic E-state index is 11.4. The molecule has 2 atom stereocenters. The molecule has 0 aromatic rings. The molecule has 5 heteroatoms. The molecule has 5 nitrogen and oxygen atoms in total. The predicted octanol–water partition coefficient (Wildman–Crippen LogP) is 4.70. The summed E-state index contributed by atoms with van der Waals surface area (Å²) in [6, 6.07) is 0. The summed E-state index contributed by atoms with van der Waals surface area (Å²) in [7, 11) is 0.